The summed E-state index contributed by atoms with van der Waals surface area (Å²) in [6, 6.07) is 29.0. The van der Waals surface area contributed by atoms with Gasteiger partial charge in [-0.2, -0.15) is 0 Å². The van der Waals surface area contributed by atoms with Crippen LogP contribution < -0.4 is 0 Å². The molecule has 26 heavy (non-hydrogen) atoms. The largest absolute Gasteiger partial charge is 0.216 e. The van der Waals surface area contributed by atoms with Crippen molar-refractivity contribution >= 4 is 21.5 Å². The molecule has 0 aliphatic heterocycles. The zero-order chi connectivity index (χ0) is 17.3. The number of hydrogen-bond donors (Lipinski definition) is 0. The van der Waals surface area contributed by atoms with Crippen molar-refractivity contribution in [2.75, 3.05) is 0 Å². The Morgan fingerprint density at radius 1 is 0.462 bits per heavy atom. The van der Waals surface area contributed by atoms with Crippen LogP contribution in [0.3, 0.4) is 0 Å². The second-order valence-corrected chi connectivity index (χ2v) is 6.19. The van der Waals surface area contributed by atoms with Gasteiger partial charge in [0, 0.05) is 11.1 Å². The molecule has 122 valence electrons. The summed E-state index contributed by atoms with van der Waals surface area (Å²) in [6.45, 7) is 0. The first-order valence-corrected chi connectivity index (χ1v) is 8.55. The second kappa shape index (κ2) is 6.05. The Hall–Kier alpha value is -3.59. The van der Waals surface area contributed by atoms with Gasteiger partial charge in [-0.3, -0.25) is 0 Å². The van der Waals surface area contributed by atoms with Crippen LogP contribution in [0.1, 0.15) is 0 Å². The van der Waals surface area contributed by atoms with E-state index in [2.05, 4.69) is 58.5 Å². The standard InChI is InChI=1S/C23H15N3/c1-3-11-18-16(7-1)9-5-13-20(18)22-24-15-25-23(26-22)21-14-6-10-17-8-2-4-12-19(17)21/h1-15H. The Labute approximate surface area is 151 Å². The molecule has 0 aliphatic carbocycles. The van der Waals surface area contributed by atoms with Gasteiger partial charge in [0.25, 0.3) is 0 Å². The van der Waals surface area contributed by atoms with Crippen molar-refractivity contribution in [2.24, 2.45) is 0 Å². The molecular weight excluding hydrogens is 318 g/mol. The molecule has 4 aromatic carbocycles. The summed E-state index contributed by atoms with van der Waals surface area (Å²) in [5, 5.41) is 4.64. The first kappa shape index (κ1) is 14.7. The van der Waals surface area contributed by atoms with Crippen LogP contribution in [0.2, 0.25) is 0 Å². The highest BCUT2D eigenvalue weighted by molar-refractivity contribution is 5.97. The molecule has 3 nitrogen and oxygen atoms in total. The molecule has 0 aliphatic rings. The Morgan fingerprint density at radius 2 is 0.923 bits per heavy atom. The van der Waals surface area contributed by atoms with Gasteiger partial charge in [-0.1, -0.05) is 84.9 Å². The van der Waals surface area contributed by atoms with Gasteiger partial charge in [-0.15, -0.1) is 0 Å². The van der Waals surface area contributed by atoms with Gasteiger partial charge in [-0.25, -0.2) is 15.0 Å². The van der Waals surface area contributed by atoms with Crippen molar-refractivity contribution in [3.05, 3.63) is 91.3 Å². The lowest BCUT2D eigenvalue weighted by molar-refractivity contribution is 1.07. The van der Waals surface area contributed by atoms with E-state index < -0.39 is 0 Å². The van der Waals surface area contributed by atoms with Crippen molar-refractivity contribution in [3.8, 4) is 22.8 Å². The molecular formula is C23H15N3. The maximum Gasteiger partial charge on any atom is 0.163 e. The molecule has 0 spiro atoms. The molecule has 0 radical (unpaired) electrons. The minimum absolute atomic E-state index is 0.694. The zero-order valence-corrected chi connectivity index (χ0v) is 14.0. The predicted molar refractivity (Wildman–Crippen MR) is 106 cm³/mol. The van der Waals surface area contributed by atoms with Crippen molar-refractivity contribution in [3.63, 3.8) is 0 Å². The number of aromatic nitrogens is 3. The van der Waals surface area contributed by atoms with Gasteiger partial charge >= 0.3 is 0 Å². The predicted octanol–water partition coefficient (Wildman–Crippen LogP) is 5.51. The van der Waals surface area contributed by atoms with E-state index in [1.807, 2.05) is 36.4 Å². The third-order valence-electron chi connectivity index (χ3n) is 4.63. The summed E-state index contributed by atoms with van der Waals surface area (Å²) in [6.07, 6.45) is 1.60. The number of nitrogens with zero attached hydrogens (tertiary/aromatic N) is 3. The van der Waals surface area contributed by atoms with Crippen molar-refractivity contribution in [1.82, 2.24) is 15.0 Å². The molecule has 3 heteroatoms. The molecule has 0 N–H and O–H groups in total. The number of hydrogen-bond acceptors (Lipinski definition) is 3. The maximum atomic E-state index is 4.79. The van der Waals surface area contributed by atoms with Gasteiger partial charge in [0.05, 0.1) is 0 Å². The second-order valence-electron chi connectivity index (χ2n) is 6.19. The molecule has 5 aromatic rings. The topological polar surface area (TPSA) is 38.7 Å². The first-order valence-electron chi connectivity index (χ1n) is 8.55. The van der Waals surface area contributed by atoms with Crippen LogP contribution in [0, 0.1) is 0 Å². The van der Waals surface area contributed by atoms with E-state index in [9.17, 15) is 0 Å². The lowest BCUT2D eigenvalue weighted by Crippen LogP contribution is -1.96. The average molecular weight is 333 g/mol. The smallest absolute Gasteiger partial charge is 0.163 e. The number of benzene rings is 4. The average Bonchev–Trinajstić information content (AvgIpc) is 2.73. The van der Waals surface area contributed by atoms with Crippen molar-refractivity contribution < 1.29 is 0 Å². The monoisotopic (exact) mass is 333 g/mol. The molecule has 0 amide bonds. The fourth-order valence-corrected chi connectivity index (χ4v) is 3.40. The van der Waals surface area contributed by atoms with Crippen LogP contribution in [0.4, 0.5) is 0 Å². The molecule has 1 aromatic heterocycles. The minimum Gasteiger partial charge on any atom is -0.216 e. The van der Waals surface area contributed by atoms with Gasteiger partial charge in [0.15, 0.2) is 11.6 Å². The van der Waals surface area contributed by atoms with Crippen LogP contribution in [0.15, 0.2) is 91.3 Å². The van der Waals surface area contributed by atoms with Crippen molar-refractivity contribution in [1.29, 1.82) is 0 Å². The molecule has 0 bridgehead atoms. The number of fused-ring (bicyclic) bond motifs is 2. The van der Waals surface area contributed by atoms with E-state index in [1.54, 1.807) is 6.33 Å². The Morgan fingerprint density at radius 3 is 1.46 bits per heavy atom. The molecule has 0 fully saturated rings. The van der Waals surface area contributed by atoms with Gasteiger partial charge < -0.3 is 0 Å². The molecule has 1 heterocycles. The van der Waals surface area contributed by atoms with Gasteiger partial charge in [-0.05, 0) is 21.5 Å². The first-order chi connectivity index (χ1) is 12.9. The van der Waals surface area contributed by atoms with Crippen molar-refractivity contribution in [2.45, 2.75) is 0 Å². The van der Waals surface area contributed by atoms with E-state index in [0.717, 1.165) is 21.9 Å². The highest BCUT2D eigenvalue weighted by atomic mass is 15.0. The maximum absolute atomic E-state index is 4.79. The zero-order valence-electron chi connectivity index (χ0n) is 14.0. The summed E-state index contributed by atoms with van der Waals surface area (Å²) in [4.78, 5) is 13.7. The van der Waals surface area contributed by atoms with E-state index in [0.29, 0.717) is 11.6 Å². The SMILES string of the molecule is c1ccc2c(-c3ncnc(-c4cccc5ccccc45)n3)cccc2c1. The molecule has 5 rings (SSSR count). The quantitative estimate of drug-likeness (QED) is 0.427. The van der Waals surface area contributed by atoms with Gasteiger partial charge in [0.2, 0.25) is 0 Å². The summed E-state index contributed by atoms with van der Waals surface area (Å²) in [5.41, 5.74) is 2.04. The van der Waals surface area contributed by atoms with E-state index >= 15 is 0 Å². The van der Waals surface area contributed by atoms with Crippen LogP contribution in [-0.4, -0.2) is 15.0 Å². The van der Waals surface area contributed by atoms with Crippen LogP contribution >= 0.6 is 0 Å². The normalized spacial score (nSPS) is 11.1. The van der Waals surface area contributed by atoms with E-state index in [4.69, 9.17) is 4.98 Å². The highest BCUT2D eigenvalue weighted by Crippen LogP contribution is 2.29. The third kappa shape index (κ3) is 2.42. The van der Waals surface area contributed by atoms with Crippen LogP contribution in [0.5, 0.6) is 0 Å². The summed E-state index contributed by atoms with van der Waals surface area (Å²) in [5.74, 6) is 1.39. The van der Waals surface area contributed by atoms with Crippen LogP contribution in [-0.2, 0) is 0 Å². The molecule has 0 atom stereocenters. The number of rotatable bonds is 2. The van der Waals surface area contributed by atoms with E-state index in [-0.39, 0.29) is 0 Å². The minimum atomic E-state index is 0.694. The Kier molecular flexibility index (Phi) is 3.42. The summed E-state index contributed by atoms with van der Waals surface area (Å²) >= 11 is 0. The Bertz CT molecular complexity index is 1140. The Balaban J connectivity index is 1.72. The lowest BCUT2D eigenvalue weighted by Gasteiger charge is -2.08. The van der Waals surface area contributed by atoms with Crippen LogP contribution in [0.25, 0.3) is 44.3 Å². The fourth-order valence-electron chi connectivity index (χ4n) is 3.40. The molecule has 0 unspecified atom stereocenters. The molecule has 0 saturated heterocycles. The lowest BCUT2D eigenvalue weighted by atomic mass is 10.0. The highest BCUT2D eigenvalue weighted by Gasteiger charge is 2.11. The summed E-state index contributed by atoms with van der Waals surface area (Å²) in [7, 11) is 0. The summed E-state index contributed by atoms with van der Waals surface area (Å²) < 4.78 is 0. The third-order valence-corrected chi connectivity index (χ3v) is 4.63. The van der Waals surface area contributed by atoms with Gasteiger partial charge in [0.1, 0.15) is 6.33 Å². The fraction of sp³-hybridized carbons (Fsp3) is 0. The molecule has 0 saturated carbocycles. The van der Waals surface area contributed by atoms with E-state index in [1.165, 1.54) is 10.8 Å².